The van der Waals surface area contributed by atoms with Crippen LogP contribution < -0.4 is 9.50 Å². The summed E-state index contributed by atoms with van der Waals surface area (Å²) >= 11 is 0. The van der Waals surface area contributed by atoms with Crippen molar-refractivity contribution in [2.24, 2.45) is 0 Å². The molecule has 0 unspecified atom stereocenters. The average molecular weight is 374 g/mol. The highest BCUT2D eigenvalue weighted by atomic mass is 35.5. The number of hydrogen-bond acceptors (Lipinski definition) is 4. The van der Waals surface area contributed by atoms with Gasteiger partial charge in [0.15, 0.2) is 0 Å². The van der Waals surface area contributed by atoms with E-state index in [2.05, 4.69) is 16.4 Å². The second-order valence-corrected chi connectivity index (χ2v) is 6.85. The number of aryl methyl sites for hydroxylation is 1. The van der Waals surface area contributed by atoms with Gasteiger partial charge in [-0.25, -0.2) is 0 Å². The first-order valence-corrected chi connectivity index (χ1v) is 8.49. The quantitative estimate of drug-likeness (QED) is 0.636. The largest absolute Gasteiger partial charge is 0.534 e. The fourth-order valence-electron chi connectivity index (χ4n) is 2.48. The predicted octanol–water partition coefficient (Wildman–Crippen LogP) is 3.19. The van der Waals surface area contributed by atoms with Crippen LogP contribution in [0.4, 0.5) is 13.2 Å². The minimum Gasteiger partial charge on any atom is -0.376 e. The Morgan fingerprint density at radius 2 is 2.00 bits per heavy atom. The molecule has 0 fully saturated rings. The van der Waals surface area contributed by atoms with Crippen LogP contribution in [-0.2, 0) is 23.0 Å². The van der Waals surface area contributed by atoms with Gasteiger partial charge in [-0.15, -0.1) is 12.4 Å². The lowest BCUT2D eigenvalue weighted by atomic mass is 9.88. The molecule has 0 saturated heterocycles. The molecule has 0 aromatic heterocycles. The Morgan fingerprint density at radius 1 is 1.30 bits per heavy atom. The third-order valence-electron chi connectivity index (χ3n) is 3.58. The molecule has 1 aromatic carbocycles. The lowest BCUT2D eigenvalue weighted by molar-refractivity contribution is -0.0500. The summed E-state index contributed by atoms with van der Waals surface area (Å²) in [6.07, 6.45) is 3.41. The van der Waals surface area contributed by atoms with Crippen LogP contribution >= 0.6 is 12.4 Å². The molecule has 0 spiro atoms. The normalized spacial score (nSPS) is 18.0. The van der Waals surface area contributed by atoms with E-state index in [9.17, 15) is 21.6 Å². The van der Waals surface area contributed by atoms with Crippen LogP contribution in [0.25, 0.3) is 0 Å². The van der Waals surface area contributed by atoms with Gasteiger partial charge in [0.2, 0.25) is 0 Å². The molecule has 23 heavy (non-hydrogen) atoms. The molecule has 1 aromatic rings. The van der Waals surface area contributed by atoms with Crippen molar-refractivity contribution in [3.63, 3.8) is 0 Å². The van der Waals surface area contributed by atoms with E-state index in [4.69, 9.17) is 0 Å². The summed E-state index contributed by atoms with van der Waals surface area (Å²) in [6.45, 7) is 2.93. The molecule has 0 bridgehead atoms. The molecule has 1 N–H and O–H groups in total. The highest BCUT2D eigenvalue weighted by molar-refractivity contribution is 7.88. The van der Waals surface area contributed by atoms with E-state index in [-0.39, 0.29) is 24.2 Å². The van der Waals surface area contributed by atoms with Gasteiger partial charge in [0.05, 0.1) is 0 Å². The van der Waals surface area contributed by atoms with Gasteiger partial charge in [-0.3, -0.25) is 0 Å². The number of nitrogens with one attached hydrogen (secondary N) is 1. The molecular weight excluding hydrogens is 355 g/mol. The fourth-order valence-corrected chi connectivity index (χ4v) is 2.93. The number of fused-ring (bicyclic) bond motifs is 1. The zero-order valence-electron chi connectivity index (χ0n) is 12.5. The predicted molar refractivity (Wildman–Crippen MR) is 83.4 cm³/mol. The number of rotatable bonds is 5. The van der Waals surface area contributed by atoms with Gasteiger partial charge >= 0.3 is 15.6 Å². The van der Waals surface area contributed by atoms with Crippen molar-refractivity contribution in [1.82, 2.24) is 5.32 Å². The van der Waals surface area contributed by atoms with Crippen LogP contribution in [0.5, 0.6) is 5.75 Å². The highest BCUT2D eigenvalue weighted by Gasteiger charge is 2.48. The van der Waals surface area contributed by atoms with Crippen LogP contribution in [0.1, 0.15) is 30.9 Å². The second-order valence-electron chi connectivity index (χ2n) is 5.31. The zero-order chi connectivity index (χ0) is 16.4. The Morgan fingerprint density at radius 3 is 2.61 bits per heavy atom. The molecule has 0 radical (unpaired) electrons. The number of benzene rings is 1. The second kappa shape index (κ2) is 7.72. The van der Waals surface area contributed by atoms with Gasteiger partial charge in [0, 0.05) is 6.04 Å². The Kier molecular flexibility index (Phi) is 6.73. The molecule has 1 atom stereocenters. The molecule has 0 saturated carbocycles. The molecule has 2 rings (SSSR count). The Balaban J connectivity index is 0.00000264. The number of alkyl halides is 3. The van der Waals surface area contributed by atoms with Crippen molar-refractivity contribution in [2.75, 3.05) is 6.54 Å². The Bertz CT molecular complexity index is 635. The molecular formula is C14H19ClF3NO3S. The number of halogens is 4. The van der Waals surface area contributed by atoms with Gasteiger partial charge in [0.1, 0.15) is 5.75 Å². The first-order chi connectivity index (χ1) is 10.2. The summed E-state index contributed by atoms with van der Waals surface area (Å²) in [6, 6.07) is 4.54. The van der Waals surface area contributed by atoms with Crippen molar-refractivity contribution in [3.05, 3.63) is 29.3 Å². The topological polar surface area (TPSA) is 55.4 Å². The van der Waals surface area contributed by atoms with E-state index in [1.165, 1.54) is 12.1 Å². The van der Waals surface area contributed by atoms with Crippen molar-refractivity contribution < 1.29 is 25.8 Å². The average Bonchev–Trinajstić information content (AvgIpc) is 2.43. The minimum atomic E-state index is -5.62. The van der Waals surface area contributed by atoms with Gasteiger partial charge in [0.25, 0.3) is 0 Å². The Hall–Kier alpha value is -0.990. The first-order valence-electron chi connectivity index (χ1n) is 7.09. The molecule has 1 aliphatic carbocycles. The van der Waals surface area contributed by atoms with E-state index >= 15 is 0 Å². The maximum atomic E-state index is 12.3. The van der Waals surface area contributed by atoms with Crippen molar-refractivity contribution in [1.29, 1.82) is 0 Å². The fraction of sp³-hybridized carbons (Fsp3) is 0.571. The first kappa shape index (κ1) is 20.1. The molecule has 9 heteroatoms. The van der Waals surface area contributed by atoms with Gasteiger partial charge in [-0.05, 0) is 55.5 Å². The van der Waals surface area contributed by atoms with E-state index in [0.29, 0.717) is 6.42 Å². The van der Waals surface area contributed by atoms with E-state index in [1.54, 1.807) is 6.07 Å². The maximum absolute atomic E-state index is 12.3. The third-order valence-corrected chi connectivity index (χ3v) is 4.56. The molecule has 0 heterocycles. The Labute approximate surface area is 139 Å². The lowest BCUT2D eigenvalue weighted by Gasteiger charge is -2.26. The van der Waals surface area contributed by atoms with Crippen molar-refractivity contribution in [2.45, 2.75) is 44.2 Å². The zero-order valence-corrected chi connectivity index (χ0v) is 14.2. The summed E-state index contributed by atoms with van der Waals surface area (Å²) in [5.74, 6) is -0.299. The van der Waals surface area contributed by atoms with Gasteiger partial charge < -0.3 is 9.50 Å². The summed E-state index contributed by atoms with van der Waals surface area (Å²) in [4.78, 5) is 0. The van der Waals surface area contributed by atoms with Crippen LogP contribution in [0.3, 0.4) is 0 Å². The minimum absolute atomic E-state index is 0. The lowest BCUT2D eigenvalue weighted by Crippen LogP contribution is -2.35. The van der Waals surface area contributed by atoms with Crippen molar-refractivity contribution in [3.8, 4) is 5.75 Å². The smallest absolute Gasteiger partial charge is 0.376 e. The maximum Gasteiger partial charge on any atom is 0.534 e. The summed E-state index contributed by atoms with van der Waals surface area (Å²) in [7, 11) is -5.62. The SMILES string of the molecule is CCCN[C@@H]1CCc2ccc(OS(=O)(=O)C(F)(F)F)cc2C1.Cl. The molecule has 0 aliphatic heterocycles. The highest BCUT2D eigenvalue weighted by Crippen LogP contribution is 2.30. The molecule has 132 valence electrons. The standard InChI is InChI=1S/C14H18F3NO3S.ClH/c1-2-7-18-12-5-3-10-4-6-13(9-11(10)8-12)21-22(19,20)14(15,16)17;/h4,6,9,12,18H,2-3,5,7-8H2,1H3;1H/t12-;/m1./s1. The summed E-state index contributed by atoms with van der Waals surface area (Å²) < 4.78 is 63.3. The van der Waals surface area contributed by atoms with E-state index < -0.39 is 15.6 Å². The summed E-state index contributed by atoms with van der Waals surface area (Å²) in [5.41, 5.74) is -3.57. The molecule has 0 amide bonds. The van der Waals surface area contributed by atoms with Crippen LogP contribution in [-0.4, -0.2) is 26.5 Å². The van der Waals surface area contributed by atoms with Gasteiger partial charge in [-0.1, -0.05) is 13.0 Å². The van der Waals surface area contributed by atoms with Crippen LogP contribution in [0.15, 0.2) is 18.2 Å². The van der Waals surface area contributed by atoms with Crippen LogP contribution in [0, 0.1) is 0 Å². The third kappa shape index (κ3) is 4.99. The molecule has 4 nitrogen and oxygen atoms in total. The monoisotopic (exact) mass is 373 g/mol. The molecule has 1 aliphatic rings. The van der Waals surface area contributed by atoms with E-state index in [1.807, 2.05) is 0 Å². The summed E-state index contributed by atoms with van der Waals surface area (Å²) in [5, 5.41) is 3.37. The van der Waals surface area contributed by atoms with Crippen LogP contribution in [0.2, 0.25) is 0 Å². The van der Waals surface area contributed by atoms with E-state index in [0.717, 1.165) is 36.9 Å². The number of hydrogen-bond donors (Lipinski definition) is 1. The van der Waals surface area contributed by atoms with Gasteiger partial charge in [-0.2, -0.15) is 21.6 Å². The van der Waals surface area contributed by atoms with Crippen molar-refractivity contribution >= 4 is 22.5 Å².